The van der Waals surface area contributed by atoms with Gasteiger partial charge in [-0.15, -0.1) is 18.2 Å². The van der Waals surface area contributed by atoms with Gasteiger partial charge in [0.25, 0.3) is 0 Å². The fourth-order valence-corrected chi connectivity index (χ4v) is 13.1. The molecule has 0 amide bonds. The average Bonchev–Trinajstić information content (AvgIpc) is 3.98. The number of benzene rings is 2. The summed E-state index contributed by atoms with van der Waals surface area (Å²) >= 11 is 0. The molecule has 10 N–H and O–H groups in total. The molecule has 26 heteroatoms. The van der Waals surface area contributed by atoms with Gasteiger partial charge in [-0.25, -0.2) is 20.2 Å². The highest BCUT2D eigenvalue weighted by Gasteiger charge is 2.54. The molecule has 6 aliphatic rings. The number of likely N-dealkylation sites (tertiary alicyclic amines) is 2. The Labute approximate surface area is 433 Å². The minimum atomic E-state index is -4.67. The molecule has 0 bridgehead atoms. The number of carbonyl (C=O) groups excluding carboxylic acids is 2. The highest BCUT2D eigenvalue weighted by Crippen LogP contribution is 2.43. The second-order valence-corrected chi connectivity index (χ2v) is 22.9. The number of guanidine groups is 2. The van der Waals surface area contributed by atoms with E-state index in [9.17, 15) is 36.6 Å². The number of nitrogens with zero attached hydrogens (tertiary/aromatic N) is 6. The van der Waals surface area contributed by atoms with Gasteiger partial charge in [0.05, 0.1) is 13.2 Å². The molecule has 0 aromatic heterocycles. The largest absolute Gasteiger partial charge is 0.493 e. The number of hydrogen-bond donors (Lipinski definition) is 8. The van der Waals surface area contributed by atoms with Crippen LogP contribution in [0.25, 0.3) is 0 Å². The van der Waals surface area contributed by atoms with E-state index in [2.05, 4.69) is 50.8 Å². The molecule has 0 radical (unpaired) electrons. The van der Waals surface area contributed by atoms with Crippen LogP contribution in [0.3, 0.4) is 0 Å². The zero-order valence-corrected chi connectivity index (χ0v) is 44.3. The summed E-state index contributed by atoms with van der Waals surface area (Å²) in [5, 5.41) is 28.4. The topological polar surface area (TPSA) is 318 Å². The molecule has 2 aliphatic carbocycles. The predicted octanol–water partition coefficient (Wildman–Crippen LogP) is 0.827. The minimum Gasteiger partial charge on any atom is -0.493 e. The Kier molecular flexibility index (Phi) is 17.3. The number of nitrogens with one attached hydrogen (secondary N) is 4. The van der Waals surface area contributed by atoms with E-state index < -0.39 is 80.5 Å². The van der Waals surface area contributed by atoms with E-state index in [1.165, 1.54) is 49.7 Å². The third-order valence-corrected chi connectivity index (χ3v) is 16.3. The second-order valence-electron chi connectivity index (χ2n) is 20.2. The number of ether oxygens (including phenoxy) is 4. The quantitative estimate of drug-likeness (QED) is 0.0488. The molecule has 24 nitrogen and oxygen atoms in total. The Morgan fingerprint density at radius 1 is 0.662 bits per heavy atom. The van der Waals surface area contributed by atoms with Crippen LogP contribution in [0.15, 0.2) is 45.2 Å². The van der Waals surface area contributed by atoms with Crippen LogP contribution >= 0.6 is 0 Å². The third kappa shape index (κ3) is 12.2. The van der Waals surface area contributed by atoms with Crippen LogP contribution in [0.2, 0.25) is 0 Å². The molecule has 0 saturated carbocycles. The summed E-state index contributed by atoms with van der Waals surface area (Å²) in [5.41, 5.74) is 17.1. The maximum absolute atomic E-state index is 14.0. The number of fused-ring (bicyclic) bond motifs is 2. The van der Waals surface area contributed by atoms with Crippen LogP contribution in [0, 0.1) is 0 Å². The first-order valence-electron chi connectivity index (χ1n) is 25.9. The van der Waals surface area contributed by atoms with E-state index in [4.69, 9.17) is 30.4 Å². The van der Waals surface area contributed by atoms with E-state index in [-0.39, 0.29) is 39.1 Å². The van der Waals surface area contributed by atoms with Crippen LogP contribution in [-0.4, -0.2) is 159 Å². The molecule has 4 aliphatic heterocycles. The maximum atomic E-state index is 14.0. The molecule has 6 unspecified atom stereocenters. The smallest absolute Gasteiger partial charge is 0.342 e. The Balaban J connectivity index is 0.931. The van der Waals surface area contributed by atoms with Crippen LogP contribution in [0.1, 0.15) is 126 Å². The lowest BCUT2D eigenvalue weighted by atomic mass is 10.0. The van der Waals surface area contributed by atoms with Crippen LogP contribution in [-0.2, 0) is 52.3 Å². The first-order valence-corrected chi connectivity index (χ1v) is 28.8. The van der Waals surface area contributed by atoms with Crippen molar-refractivity contribution in [3.8, 4) is 11.5 Å². The number of nitrogens with two attached hydrogens (primary N) is 2. The lowest BCUT2D eigenvalue weighted by molar-refractivity contribution is -0.218. The maximum Gasteiger partial charge on any atom is 0.342 e. The second kappa shape index (κ2) is 23.1. The molecule has 6 atom stereocenters. The zero-order valence-electron chi connectivity index (χ0n) is 42.7. The van der Waals surface area contributed by atoms with Crippen LogP contribution in [0.5, 0.6) is 11.5 Å². The normalized spacial score (nSPS) is 26.7. The summed E-state index contributed by atoms with van der Waals surface area (Å²) in [5.74, 6) is -8.24. The zero-order chi connectivity index (χ0) is 53.0. The monoisotopic (exact) mass is 1070 g/mol. The number of piperidine rings is 2. The summed E-state index contributed by atoms with van der Waals surface area (Å²) in [6.07, 6.45) is 5.90. The summed E-state index contributed by atoms with van der Waals surface area (Å²) < 4.78 is 87.8. The molecule has 2 saturated heterocycles. The van der Waals surface area contributed by atoms with Gasteiger partial charge in [0, 0.05) is 37.3 Å². The number of carbonyl (C=O) groups is 2. The van der Waals surface area contributed by atoms with Crippen molar-refractivity contribution in [2.75, 3.05) is 52.5 Å². The first-order chi connectivity index (χ1) is 35.2. The standard InChI is InChI=1S/C48H74N12O12S2/c1-31(2)59-45(49)53-73(65,66)55-47(59,51-23-13-29-69-39-17-11-15-33-35(39)19-21-37(33)57-25-7-5-8-26-57)71-43(63)41(61)42(62)44(64)72-48(56-74(67,68)54-46(50)60(48)32(3)4)52-24-14-30-70-40-18-12-16-34-36(40)20-22-38(34)58-27-9-6-10-28-58/h11-12,15-18,31-32,37-38,41-42,51-52,55-56,61-62H,5-10,13-14,19-30H2,1-4H3,(H2,49,53)(H2,50,54). The summed E-state index contributed by atoms with van der Waals surface area (Å²) in [4.78, 5) is 35.2. The molecule has 74 heavy (non-hydrogen) atoms. The Morgan fingerprint density at radius 3 is 1.41 bits per heavy atom. The Hall–Kier alpha value is -4.90. The molecule has 410 valence electrons. The van der Waals surface area contributed by atoms with Gasteiger partial charge in [0.15, 0.2) is 12.2 Å². The van der Waals surface area contributed by atoms with Gasteiger partial charge in [-0.3, -0.25) is 19.6 Å². The molecule has 8 rings (SSSR count). The first kappa shape index (κ1) is 55.3. The Morgan fingerprint density at radius 2 is 1.04 bits per heavy atom. The molecular formula is C48H74N12O12S2. The van der Waals surface area contributed by atoms with Crippen molar-refractivity contribution in [3.63, 3.8) is 0 Å². The van der Waals surface area contributed by atoms with Crippen molar-refractivity contribution in [1.29, 1.82) is 0 Å². The molecule has 4 heterocycles. The van der Waals surface area contributed by atoms with Gasteiger partial charge in [0.2, 0.25) is 11.9 Å². The van der Waals surface area contributed by atoms with Gasteiger partial charge >= 0.3 is 44.3 Å². The number of aliphatic hydroxyl groups excluding tert-OH is 2. The lowest BCUT2D eigenvalue weighted by Gasteiger charge is -2.47. The summed E-state index contributed by atoms with van der Waals surface area (Å²) in [6, 6.07) is 11.3. The SMILES string of the molecule is CC(C)N1C(N)=NS(=O)(=O)NC1(NCCCOc1cccc2c1CCC2N1CCCCC1)OC(=O)C(O)C(O)C(=O)OC1(NCCCOc2cccc3c2CCC3N2CCCCC2)NS(=O)(=O)N=C(N)N1C(C)C. The van der Waals surface area contributed by atoms with Crippen molar-refractivity contribution in [2.45, 2.75) is 153 Å². The fraction of sp³-hybridized carbons (Fsp3) is 0.667. The molecule has 2 aromatic carbocycles. The van der Waals surface area contributed by atoms with E-state index in [1.54, 1.807) is 27.7 Å². The predicted molar refractivity (Wildman–Crippen MR) is 273 cm³/mol. The fourth-order valence-electron chi connectivity index (χ4n) is 11.2. The number of rotatable bonds is 21. The van der Waals surface area contributed by atoms with Gasteiger partial charge in [0.1, 0.15) is 11.5 Å². The van der Waals surface area contributed by atoms with E-state index in [1.807, 2.05) is 24.3 Å². The van der Waals surface area contributed by atoms with Crippen molar-refractivity contribution in [3.05, 3.63) is 58.7 Å². The summed E-state index contributed by atoms with van der Waals surface area (Å²) in [6.45, 7) is 10.9. The highest BCUT2D eigenvalue weighted by molar-refractivity contribution is 7.88. The van der Waals surface area contributed by atoms with Gasteiger partial charge < -0.3 is 40.6 Å². The van der Waals surface area contributed by atoms with Gasteiger partial charge in [-0.2, -0.15) is 16.8 Å². The van der Waals surface area contributed by atoms with Crippen LogP contribution < -0.4 is 41.0 Å². The highest BCUT2D eigenvalue weighted by atomic mass is 32.2. The van der Waals surface area contributed by atoms with Gasteiger partial charge in [-0.05, 0) is 152 Å². The van der Waals surface area contributed by atoms with Crippen molar-refractivity contribution in [2.24, 2.45) is 20.3 Å². The Bertz CT molecular complexity index is 2450. The van der Waals surface area contributed by atoms with E-state index in [0.29, 0.717) is 12.1 Å². The van der Waals surface area contributed by atoms with Crippen LogP contribution in [0.4, 0.5) is 0 Å². The minimum absolute atomic E-state index is 0.0709. The molecule has 0 spiro atoms. The summed E-state index contributed by atoms with van der Waals surface area (Å²) in [7, 11) is -9.34. The molecular weight excluding hydrogens is 1000 g/mol. The molecule has 2 fully saturated rings. The average molecular weight is 1080 g/mol. The van der Waals surface area contributed by atoms with Crippen molar-refractivity contribution >= 4 is 44.3 Å². The third-order valence-electron chi connectivity index (χ3n) is 14.4. The van der Waals surface area contributed by atoms with Crippen molar-refractivity contribution < 1.29 is 55.6 Å². The van der Waals surface area contributed by atoms with Crippen molar-refractivity contribution in [1.82, 2.24) is 39.7 Å². The van der Waals surface area contributed by atoms with Gasteiger partial charge in [-0.1, -0.05) is 37.1 Å². The van der Waals surface area contributed by atoms with E-state index in [0.717, 1.165) is 84.3 Å². The number of hydrogen-bond acceptors (Lipinski definition) is 20. The lowest BCUT2D eigenvalue weighted by Crippen LogP contribution is -2.77. The van der Waals surface area contributed by atoms with E-state index >= 15 is 0 Å². The molecule has 2 aromatic rings. The number of esters is 2. The number of aliphatic hydroxyl groups is 2.